The van der Waals surface area contributed by atoms with E-state index in [9.17, 15) is 0 Å². The van der Waals surface area contributed by atoms with Crippen LogP contribution < -0.4 is 5.32 Å². The fourth-order valence-corrected chi connectivity index (χ4v) is 1.29. The molecule has 15 heavy (non-hydrogen) atoms. The molecule has 1 aromatic rings. The van der Waals surface area contributed by atoms with Crippen LogP contribution in [0.4, 0.5) is 0 Å². The van der Waals surface area contributed by atoms with E-state index in [2.05, 4.69) is 28.5 Å². The molecule has 3 heteroatoms. The van der Waals surface area contributed by atoms with Gasteiger partial charge in [-0.3, -0.25) is 4.98 Å². The van der Waals surface area contributed by atoms with Crippen molar-refractivity contribution in [3.05, 3.63) is 35.7 Å². The Kier molecular flexibility index (Phi) is 5.66. The number of hydrogen-bond donors (Lipinski definition) is 1. The molecule has 82 valence electrons. The van der Waals surface area contributed by atoms with Gasteiger partial charge >= 0.3 is 0 Å². The molecule has 1 heterocycles. The topological polar surface area (TPSA) is 34.2 Å². The Labute approximate surface area is 91.2 Å². The molecule has 0 radical (unpaired) electrons. The lowest BCUT2D eigenvalue weighted by atomic mass is 10.2. The SMILES string of the molecule is CNCCC=Cc1cncc(COC)c1. The molecule has 1 N–H and O–H groups in total. The second-order valence-electron chi connectivity index (χ2n) is 3.35. The van der Waals surface area contributed by atoms with Gasteiger partial charge in [0, 0.05) is 19.5 Å². The zero-order valence-corrected chi connectivity index (χ0v) is 9.36. The molecule has 1 aromatic heterocycles. The summed E-state index contributed by atoms with van der Waals surface area (Å²) in [5.41, 5.74) is 2.23. The van der Waals surface area contributed by atoms with E-state index in [-0.39, 0.29) is 0 Å². The van der Waals surface area contributed by atoms with Crippen molar-refractivity contribution in [2.45, 2.75) is 13.0 Å². The molecule has 0 aliphatic carbocycles. The van der Waals surface area contributed by atoms with E-state index in [1.54, 1.807) is 7.11 Å². The Balaban J connectivity index is 2.53. The summed E-state index contributed by atoms with van der Waals surface area (Å²) in [6.07, 6.45) is 8.95. The van der Waals surface area contributed by atoms with Crippen LogP contribution in [-0.4, -0.2) is 25.7 Å². The second-order valence-corrected chi connectivity index (χ2v) is 3.35. The van der Waals surface area contributed by atoms with E-state index in [1.807, 2.05) is 19.4 Å². The lowest BCUT2D eigenvalue weighted by molar-refractivity contribution is 0.184. The van der Waals surface area contributed by atoms with Gasteiger partial charge in [-0.15, -0.1) is 0 Å². The van der Waals surface area contributed by atoms with Crippen LogP contribution >= 0.6 is 0 Å². The van der Waals surface area contributed by atoms with Gasteiger partial charge in [-0.25, -0.2) is 0 Å². The number of methoxy groups -OCH3 is 1. The summed E-state index contributed by atoms with van der Waals surface area (Å²) >= 11 is 0. The summed E-state index contributed by atoms with van der Waals surface area (Å²) in [7, 11) is 3.64. The summed E-state index contributed by atoms with van der Waals surface area (Å²) in [5, 5.41) is 3.10. The summed E-state index contributed by atoms with van der Waals surface area (Å²) in [6.45, 7) is 1.62. The van der Waals surface area contributed by atoms with Crippen LogP contribution in [0.3, 0.4) is 0 Å². The molecule has 0 aromatic carbocycles. The third-order valence-corrected chi connectivity index (χ3v) is 2.00. The van der Waals surface area contributed by atoms with Crippen LogP contribution in [-0.2, 0) is 11.3 Å². The molecule has 0 saturated carbocycles. The van der Waals surface area contributed by atoms with Gasteiger partial charge in [0.25, 0.3) is 0 Å². The first-order valence-electron chi connectivity index (χ1n) is 5.11. The number of aromatic nitrogens is 1. The highest BCUT2D eigenvalue weighted by atomic mass is 16.5. The molecule has 0 amide bonds. The van der Waals surface area contributed by atoms with Crippen molar-refractivity contribution in [2.24, 2.45) is 0 Å². The van der Waals surface area contributed by atoms with Crippen LogP contribution in [0.15, 0.2) is 24.5 Å². The van der Waals surface area contributed by atoms with Crippen LogP contribution in [0.2, 0.25) is 0 Å². The highest BCUT2D eigenvalue weighted by Gasteiger charge is 1.93. The summed E-state index contributed by atoms with van der Waals surface area (Å²) in [6, 6.07) is 2.09. The quantitative estimate of drug-likeness (QED) is 0.721. The highest BCUT2D eigenvalue weighted by Crippen LogP contribution is 2.06. The third kappa shape index (κ3) is 4.72. The molecular formula is C12H18N2O. The minimum Gasteiger partial charge on any atom is -0.380 e. The second kappa shape index (κ2) is 7.15. The standard InChI is InChI=1S/C12H18N2O/c1-13-6-4-3-5-11-7-12(10-15-2)9-14-8-11/h3,5,7-9,13H,4,6,10H2,1-2H3. The summed E-state index contributed by atoms with van der Waals surface area (Å²) in [5.74, 6) is 0. The van der Waals surface area contributed by atoms with Crippen molar-refractivity contribution in [3.8, 4) is 0 Å². The van der Waals surface area contributed by atoms with Gasteiger partial charge in [-0.05, 0) is 37.2 Å². The van der Waals surface area contributed by atoms with Gasteiger partial charge < -0.3 is 10.1 Å². The largest absolute Gasteiger partial charge is 0.380 e. The predicted molar refractivity (Wildman–Crippen MR) is 62.5 cm³/mol. The molecule has 1 rings (SSSR count). The van der Waals surface area contributed by atoms with Gasteiger partial charge in [0.15, 0.2) is 0 Å². The normalized spacial score (nSPS) is 11.1. The van der Waals surface area contributed by atoms with Gasteiger partial charge in [0.05, 0.1) is 6.61 Å². The maximum absolute atomic E-state index is 5.05. The molecule has 0 spiro atoms. The zero-order chi connectivity index (χ0) is 10.9. The minimum atomic E-state index is 0.616. The van der Waals surface area contributed by atoms with E-state index in [0.29, 0.717) is 6.61 Å². The van der Waals surface area contributed by atoms with Crippen molar-refractivity contribution in [1.82, 2.24) is 10.3 Å². The molecule has 0 bridgehead atoms. The van der Waals surface area contributed by atoms with Crippen LogP contribution in [0.5, 0.6) is 0 Å². The van der Waals surface area contributed by atoms with Crippen LogP contribution in [0, 0.1) is 0 Å². The van der Waals surface area contributed by atoms with Gasteiger partial charge in [0.1, 0.15) is 0 Å². The van der Waals surface area contributed by atoms with Gasteiger partial charge in [0.2, 0.25) is 0 Å². The monoisotopic (exact) mass is 206 g/mol. The van der Waals surface area contributed by atoms with Crippen molar-refractivity contribution < 1.29 is 4.74 Å². The maximum atomic E-state index is 5.05. The Hall–Kier alpha value is -1.19. The fraction of sp³-hybridized carbons (Fsp3) is 0.417. The molecule has 0 aliphatic rings. The number of ether oxygens (including phenoxy) is 1. The van der Waals surface area contributed by atoms with Crippen molar-refractivity contribution in [3.63, 3.8) is 0 Å². The first-order valence-corrected chi connectivity index (χ1v) is 5.11. The molecule has 0 unspecified atom stereocenters. The van der Waals surface area contributed by atoms with Crippen molar-refractivity contribution >= 4 is 6.08 Å². The number of hydrogen-bond acceptors (Lipinski definition) is 3. The van der Waals surface area contributed by atoms with Crippen LogP contribution in [0.25, 0.3) is 6.08 Å². The minimum absolute atomic E-state index is 0.616. The number of nitrogens with zero attached hydrogens (tertiary/aromatic N) is 1. The van der Waals surface area contributed by atoms with Crippen molar-refractivity contribution in [2.75, 3.05) is 20.7 Å². The average Bonchev–Trinajstić information content (AvgIpc) is 2.26. The van der Waals surface area contributed by atoms with E-state index in [4.69, 9.17) is 4.74 Å². The molecule has 0 atom stereocenters. The zero-order valence-electron chi connectivity index (χ0n) is 9.36. The van der Waals surface area contributed by atoms with Crippen molar-refractivity contribution in [1.29, 1.82) is 0 Å². The van der Waals surface area contributed by atoms with E-state index in [1.165, 1.54) is 0 Å². The molecule has 0 aliphatic heterocycles. The Bertz CT molecular complexity index is 310. The third-order valence-electron chi connectivity index (χ3n) is 2.00. The van der Waals surface area contributed by atoms with Gasteiger partial charge in [-0.1, -0.05) is 12.2 Å². The van der Waals surface area contributed by atoms with E-state index in [0.717, 1.165) is 24.1 Å². The summed E-state index contributed by atoms with van der Waals surface area (Å²) in [4.78, 5) is 4.16. The Morgan fingerprint density at radius 1 is 1.47 bits per heavy atom. The summed E-state index contributed by atoms with van der Waals surface area (Å²) < 4.78 is 5.05. The Morgan fingerprint density at radius 2 is 2.33 bits per heavy atom. The fourth-order valence-electron chi connectivity index (χ4n) is 1.29. The number of rotatable bonds is 6. The smallest absolute Gasteiger partial charge is 0.0728 e. The lowest BCUT2D eigenvalue weighted by Gasteiger charge is -1.99. The Morgan fingerprint density at radius 3 is 3.07 bits per heavy atom. The van der Waals surface area contributed by atoms with E-state index >= 15 is 0 Å². The molecular weight excluding hydrogens is 188 g/mol. The first kappa shape index (κ1) is 11.9. The lowest BCUT2D eigenvalue weighted by Crippen LogP contribution is -2.05. The maximum Gasteiger partial charge on any atom is 0.0728 e. The average molecular weight is 206 g/mol. The van der Waals surface area contributed by atoms with E-state index < -0.39 is 0 Å². The molecule has 3 nitrogen and oxygen atoms in total. The predicted octanol–water partition coefficient (Wildman–Crippen LogP) is 1.85. The number of pyridine rings is 1. The molecule has 0 fully saturated rings. The first-order chi connectivity index (χ1) is 7.36. The number of nitrogens with one attached hydrogen (secondary N) is 1. The highest BCUT2D eigenvalue weighted by molar-refractivity contribution is 5.48. The molecule has 0 saturated heterocycles. The van der Waals surface area contributed by atoms with Gasteiger partial charge in [-0.2, -0.15) is 0 Å². The van der Waals surface area contributed by atoms with Crippen LogP contribution in [0.1, 0.15) is 17.5 Å².